The van der Waals surface area contributed by atoms with Gasteiger partial charge < -0.3 is 9.80 Å². The number of aromatic nitrogens is 2. The first-order valence-electron chi connectivity index (χ1n) is 10.1. The van der Waals surface area contributed by atoms with Gasteiger partial charge in [-0.05, 0) is 38.2 Å². The summed E-state index contributed by atoms with van der Waals surface area (Å²) in [6.07, 6.45) is 5.59. The standard InChI is InChI=1S/C22H28N4O2/c1-17-19(16-24(2)23-17)14-20(27)26-13-7-11-22(26)10-6-12-25(21(22)28)15-18-8-4-3-5-9-18/h3-5,8-9,16H,6-7,10-15H2,1-2H3. The first kappa shape index (κ1) is 18.7. The number of benzene rings is 1. The summed E-state index contributed by atoms with van der Waals surface area (Å²) in [5.41, 5.74) is 2.30. The molecule has 2 aliphatic heterocycles. The molecule has 28 heavy (non-hydrogen) atoms. The summed E-state index contributed by atoms with van der Waals surface area (Å²) in [6.45, 7) is 3.98. The van der Waals surface area contributed by atoms with E-state index in [2.05, 4.69) is 17.2 Å². The number of rotatable bonds is 4. The average molecular weight is 380 g/mol. The number of amides is 2. The highest BCUT2D eigenvalue weighted by molar-refractivity contribution is 5.93. The van der Waals surface area contributed by atoms with Gasteiger partial charge in [-0.3, -0.25) is 14.3 Å². The lowest BCUT2D eigenvalue weighted by Crippen LogP contribution is -2.61. The fourth-order valence-corrected chi connectivity index (χ4v) is 4.82. The summed E-state index contributed by atoms with van der Waals surface area (Å²) < 4.78 is 1.74. The van der Waals surface area contributed by atoms with Crippen molar-refractivity contribution >= 4 is 11.8 Å². The molecule has 2 aliphatic rings. The lowest BCUT2D eigenvalue weighted by Gasteiger charge is -2.44. The van der Waals surface area contributed by atoms with Crippen molar-refractivity contribution < 1.29 is 9.59 Å². The van der Waals surface area contributed by atoms with E-state index in [4.69, 9.17) is 0 Å². The summed E-state index contributed by atoms with van der Waals surface area (Å²) in [5.74, 6) is 0.167. The molecule has 6 heteroatoms. The van der Waals surface area contributed by atoms with Crippen molar-refractivity contribution in [1.29, 1.82) is 0 Å². The molecule has 0 bridgehead atoms. The molecule has 0 N–H and O–H groups in total. The summed E-state index contributed by atoms with van der Waals surface area (Å²) in [5, 5.41) is 4.34. The van der Waals surface area contributed by atoms with Crippen LogP contribution in [0.3, 0.4) is 0 Å². The minimum Gasteiger partial charge on any atom is -0.336 e. The van der Waals surface area contributed by atoms with Crippen molar-refractivity contribution in [2.45, 2.75) is 51.1 Å². The monoisotopic (exact) mass is 380 g/mol. The smallest absolute Gasteiger partial charge is 0.248 e. The van der Waals surface area contributed by atoms with Gasteiger partial charge in [0.25, 0.3) is 0 Å². The van der Waals surface area contributed by atoms with Gasteiger partial charge in [0.05, 0.1) is 12.1 Å². The number of piperidine rings is 1. The van der Waals surface area contributed by atoms with Crippen LogP contribution < -0.4 is 0 Å². The maximum atomic E-state index is 13.5. The van der Waals surface area contributed by atoms with E-state index < -0.39 is 5.54 Å². The van der Waals surface area contributed by atoms with E-state index in [0.29, 0.717) is 19.5 Å². The zero-order valence-corrected chi connectivity index (χ0v) is 16.7. The topological polar surface area (TPSA) is 58.4 Å². The van der Waals surface area contributed by atoms with Gasteiger partial charge >= 0.3 is 0 Å². The molecule has 148 valence electrons. The maximum Gasteiger partial charge on any atom is 0.248 e. The van der Waals surface area contributed by atoms with Gasteiger partial charge in [-0.25, -0.2) is 0 Å². The summed E-state index contributed by atoms with van der Waals surface area (Å²) in [6, 6.07) is 10.1. The fraction of sp³-hybridized carbons (Fsp3) is 0.500. The SMILES string of the molecule is Cc1nn(C)cc1CC(=O)N1CCCC12CCCN(Cc1ccccc1)C2=O. The number of carbonyl (C=O) groups is 2. The predicted octanol–water partition coefficient (Wildman–Crippen LogP) is 2.45. The van der Waals surface area contributed by atoms with Crippen molar-refractivity contribution in [2.24, 2.45) is 7.05 Å². The fourth-order valence-electron chi connectivity index (χ4n) is 4.82. The quantitative estimate of drug-likeness (QED) is 0.819. The molecule has 1 aromatic carbocycles. The van der Waals surface area contributed by atoms with Crippen LogP contribution in [0.5, 0.6) is 0 Å². The summed E-state index contributed by atoms with van der Waals surface area (Å²) >= 11 is 0. The van der Waals surface area contributed by atoms with Gasteiger partial charge in [0, 0.05) is 38.4 Å². The van der Waals surface area contributed by atoms with Crippen LogP contribution in [0, 0.1) is 6.92 Å². The van der Waals surface area contributed by atoms with Crippen LogP contribution in [0.15, 0.2) is 36.5 Å². The van der Waals surface area contributed by atoms with Crippen LogP contribution >= 0.6 is 0 Å². The Hall–Kier alpha value is -2.63. The minimum atomic E-state index is -0.653. The summed E-state index contributed by atoms with van der Waals surface area (Å²) in [7, 11) is 1.87. The highest BCUT2D eigenvalue weighted by atomic mass is 16.2. The number of aryl methyl sites for hydroxylation is 2. The Bertz CT molecular complexity index is 876. The molecule has 1 spiro atoms. The number of nitrogens with zero attached hydrogens (tertiary/aromatic N) is 4. The van der Waals surface area contributed by atoms with Crippen LogP contribution in [0.1, 0.15) is 42.5 Å². The molecule has 3 heterocycles. The highest BCUT2D eigenvalue weighted by Crippen LogP contribution is 2.39. The first-order valence-corrected chi connectivity index (χ1v) is 10.1. The molecule has 2 fully saturated rings. The van der Waals surface area contributed by atoms with Crippen LogP contribution in [0.25, 0.3) is 0 Å². The summed E-state index contributed by atoms with van der Waals surface area (Å²) in [4.78, 5) is 30.5. The molecule has 0 aliphatic carbocycles. The van der Waals surface area contributed by atoms with Gasteiger partial charge in [-0.2, -0.15) is 5.10 Å². The molecular formula is C22H28N4O2. The highest BCUT2D eigenvalue weighted by Gasteiger charge is 2.52. The number of likely N-dealkylation sites (tertiary alicyclic amines) is 2. The number of hydrogen-bond donors (Lipinski definition) is 0. The average Bonchev–Trinajstić information content (AvgIpc) is 3.23. The van der Waals surface area contributed by atoms with Gasteiger partial charge in [-0.1, -0.05) is 30.3 Å². The Morgan fingerprint density at radius 2 is 1.86 bits per heavy atom. The van der Waals surface area contributed by atoms with E-state index in [0.717, 1.165) is 49.0 Å². The van der Waals surface area contributed by atoms with Crippen LogP contribution in [0.2, 0.25) is 0 Å². The normalized spacial score (nSPS) is 22.3. The van der Waals surface area contributed by atoms with E-state index in [1.807, 2.05) is 48.2 Å². The van der Waals surface area contributed by atoms with E-state index in [1.165, 1.54) is 0 Å². The molecule has 2 aromatic rings. The Kier molecular flexibility index (Phi) is 4.96. The molecule has 0 radical (unpaired) electrons. The second-order valence-electron chi connectivity index (χ2n) is 8.09. The maximum absolute atomic E-state index is 13.5. The number of carbonyl (C=O) groups excluding carboxylic acids is 2. The van der Waals surface area contributed by atoms with Crippen molar-refractivity contribution in [3.8, 4) is 0 Å². The Morgan fingerprint density at radius 3 is 2.54 bits per heavy atom. The van der Waals surface area contributed by atoms with Crippen LogP contribution in [0.4, 0.5) is 0 Å². The first-order chi connectivity index (χ1) is 13.5. The zero-order valence-electron chi connectivity index (χ0n) is 16.7. The van der Waals surface area contributed by atoms with Crippen molar-refractivity contribution in [2.75, 3.05) is 13.1 Å². The Balaban J connectivity index is 1.53. The van der Waals surface area contributed by atoms with Gasteiger partial charge in [0.2, 0.25) is 11.8 Å². The third kappa shape index (κ3) is 3.32. The van der Waals surface area contributed by atoms with Crippen LogP contribution in [-0.4, -0.2) is 50.0 Å². The van der Waals surface area contributed by atoms with E-state index in [-0.39, 0.29) is 11.8 Å². The van der Waals surface area contributed by atoms with E-state index in [1.54, 1.807) is 4.68 Å². The molecule has 1 atom stereocenters. The third-order valence-corrected chi connectivity index (χ3v) is 6.17. The van der Waals surface area contributed by atoms with E-state index in [9.17, 15) is 9.59 Å². The molecule has 2 saturated heterocycles. The van der Waals surface area contributed by atoms with Crippen LogP contribution in [-0.2, 0) is 29.6 Å². The number of hydrogen-bond acceptors (Lipinski definition) is 3. The molecular weight excluding hydrogens is 352 g/mol. The van der Waals surface area contributed by atoms with E-state index >= 15 is 0 Å². The van der Waals surface area contributed by atoms with Gasteiger partial charge in [-0.15, -0.1) is 0 Å². The molecule has 4 rings (SSSR count). The molecule has 0 saturated carbocycles. The molecule has 2 amide bonds. The molecule has 1 aromatic heterocycles. The lowest BCUT2D eigenvalue weighted by molar-refractivity contribution is -0.155. The predicted molar refractivity (Wildman–Crippen MR) is 106 cm³/mol. The van der Waals surface area contributed by atoms with Gasteiger partial charge in [0.1, 0.15) is 5.54 Å². The van der Waals surface area contributed by atoms with Crippen molar-refractivity contribution in [3.63, 3.8) is 0 Å². The lowest BCUT2D eigenvalue weighted by atomic mass is 9.85. The molecule has 6 nitrogen and oxygen atoms in total. The minimum absolute atomic E-state index is 0.0449. The molecule has 1 unspecified atom stereocenters. The zero-order chi connectivity index (χ0) is 19.7. The van der Waals surface area contributed by atoms with Gasteiger partial charge in [0.15, 0.2) is 0 Å². The van der Waals surface area contributed by atoms with Crippen molar-refractivity contribution in [3.05, 3.63) is 53.3 Å². The Labute approximate surface area is 166 Å². The Morgan fingerprint density at radius 1 is 1.14 bits per heavy atom. The third-order valence-electron chi connectivity index (χ3n) is 6.17. The second-order valence-corrected chi connectivity index (χ2v) is 8.09. The largest absolute Gasteiger partial charge is 0.336 e. The second kappa shape index (κ2) is 7.41. The van der Waals surface area contributed by atoms with Crippen molar-refractivity contribution in [1.82, 2.24) is 19.6 Å².